The number of hydrogen-bond donors (Lipinski definition) is 0. The first-order valence-electron chi connectivity index (χ1n) is 13.3. The van der Waals surface area contributed by atoms with E-state index in [2.05, 4.69) is 13.8 Å². The van der Waals surface area contributed by atoms with Crippen molar-refractivity contribution in [2.45, 2.75) is 117 Å². The van der Waals surface area contributed by atoms with Crippen molar-refractivity contribution in [3.05, 3.63) is 0 Å². The summed E-state index contributed by atoms with van der Waals surface area (Å²) in [6, 6.07) is 0. The summed E-state index contributed by atoms with van der Waals surface area (Å²) in [5.74, 6) is 3.57. The summed E-state index contributed by atoms with van der Waals surface area (Å²) in [5, 5.41) is 0. The van der Waals surface area contributed by atoms with Crippen LogP contribution in [0.5, 0.6) is 0 Å². The highest BCUT2D eigenvalue weighted by molar-refractivity contribution is 5.99. The van der Waals surface area contributed by atoms with E-state index < -0.39 is 5.92 Å². The predicted octanol–water partition coefficient (Wildman–Crippen LogP) is 7.12. The first-order valence-corrected chi connectivity index (χ1v) is 13.3. The second kappa shape index (κ2) is 12.2. The van der Waals surface area contributed by atoms with E-state index >= 15 is 0 Å². The topological polar surface area (TPSA) is 43.4 Å². The van der Waals surface area contributed by atoms with Gasteiger partial charge in [-0.25, -0.2) is 0 Å². The van der Waals surface area contributed by atoms with Crippen molar-refractivity contribution in [3.8, 4) is 0 Å². The zero-order valence-corrected chi connectivity index (χ0v) is 19.7. The highest BCUT2D eigenvalue weighted by Crippen LogP contribution is 2.45. The Morgan fingerprint density at radius 2 is 1.33 bits per heavy atom. The van der Waals surface area contributed by atoms with E-state index in [1.807, 2.05) is 0 Å². The summed E-state index contributed by atoms with van der Waals surface area (Å²) in [4.78, 5) is 25.0. The van der Waals surface area contributed by atoms with E-state index in [4.69, 9.17) is 4.74 Å². The lowest BCUT2D eigenvalue weighted by Crippen LogP contribution is -2.36. The van der Waals surface area contributed by atoms with Crippen LogP contribution in [-0.2, 0) is 14.3 Å². The van der Waals surface area contributed by atoms with Gasteiger partial charge < -0.3 is 4.74 Å². The van der Waals surface area contributed by atoms with Gasteiger partial charge in [-0.15, -0.1) is 0 Å². The van der Waals surface area contributed by atoms with E-state index in [0.717, 1.165) is 49.9 Å². The molecule has 0 aromatic rings. The van der Waals surface area contributed by atoms with Gasteiger partial charge in [0.1, 0.15) is 11.7 Å². The van der Waals surface area contributed by atoms with Crippen LogP contribution in [0.3, 0.4) is 0 Å². The maximum absolute atomic E-state index is 12.7. The van der Waals surface area contributed by atoms with E-state index in [9.17, 15) is 9.59 Å². The molecule has 0 heterocycles. The third-order valence-corrected chi connectivity index (χ3v) is 8.69. The molecule has 172 valence electrons. The van der Waals surface area contributed by atoms with Gasteiger partial charge in [0, 0.05) is 6.42 Å². The van der Waals surface area contributed by atoms with Gasteiger partial charge in [-0.3, -0.25) is 9.59 Å². The molecule has 0 aliphatic heterocycles. The molecule has 3 aliphatic carbocycles. The molecule has 2 atom stereocenters. The zero-order chi connectivity index (χ0) is 21.3. The van der Waals surface area contributed by atoms with Crippen molar-refractivity contribution in [1.29, 1.82) is 0 Å². The molecule has 0 amide bonds. The number of unbranched alkanes of at least 4 members (excludes halogenated alkanes) is 2. The molecule has 30 heavy (non-hydrogen) atoms. The minimum atomic E-state index is -0.475. The van der Waals surface area contributed by atoms with E-state index in [1.165, 1.54) is 64.2 Å². The van der Waals surface area contributed by atoms with Gasteiger partial charge in [0.25, 0.3) is 0 Å². The molecule has 0 aromatic heterocycles. The van der Waals surface area contributed by atoms with Crippen LogP contribution in [0.2, 0.25) is 0 Å². The lowest BCUT2D eigenvalue weighted by molar-refractivity contribution is -0.154. The number of esters is 1. The molecule has 0 saturated heterocycles. The first kappa shape index (κ1) is 23.8. The summed E-state index contributed by atoms with van der Waals surface area (Å²) in [6.07, 6.45) is 19.5. The van der Waals surface area contributed by atoms with Gasteiger partial charge in [0.15, 0.2) is 0 Å². The van der Waals surface area contributed by atoms with Gasteiger partial charge in [0.2, 0.25) is 0 Å². The largest absolute Gasteiger partial charge is 0.465 e. The van der Waals surface area contributed by atoms with E-state index in [-0.39, 0.29) is 11.8 Å². The smallest absolute Gasteiger partial charge is 0.316 e. The molecule has 3 nitrogen and oxygen atoms in total. The van der Waals surface area contributed by atoms with Crippen molar-refractivity contribution in [1.82, 2.24) is 0 Å². The second-order valence-electron chi connectivity index (χ2n) is 10.7. The SMILES string of the molecule is CCCCCOC(=O)C1CCC(C2CCC(C3CCC(CCC)CC3)CC2)CC1=O. The molecule has 3 heteroatoms. The first-order chi connectivity index (χ1) is 14.6. The van der Waals surface area contributed by atoms with Crippen LogP contribution < -0.4 is 0 Å². The number of ketones is 1. The molecule has 2 unspecified atom stereocenters. The molecular formula is C27H46O3. The van der Waals surface area contributed by atoms with E-state index in [0.29, 0.717) is 24.9 Å². The molecule has 0 radical (unpaired) electrons. The van der Waals surface area contributed by atoms with Crippen LogP contribution in [0.25, 0.3) is 0 Å². The highest BCUT2D eigenvalue weighted by atomic mass is 16.5. The molecule has 3 saturated carbocycles. The minimum absolute atomic E-state index is 0.156. The summed E-state index contributed by atoms with van der Waals surface area (Å²) in [5.41, 5.74) is 0. The average molecular weight is 419 g/mol. The normalized spacial score (nSPS) is 35.2. The van der Waals surface area contributed by atoms with Gasteiger partial charge in [0.05, 0.1) is 6.61 Å². The van der Waals surface area contributed by atoms with Crippen LogP contribution in [0, 0.1) is 35.5 Å². The Morgan fingerprint density at radius 1 is 0.767 bits per heavy atom. The summed E-state index contributed by atoms with van der Waals surface area (Å²) in [6.45, 7) is 4.94. The fourth-order valence-electron chi connectivity index (χ4n) is 6.77. The third-order valence-electron chi connectivity index (χ3n) is 8.69. The molecule has 3 aliphatic rings. The van der Waals surface area contributed by atoms with Gasteiger partial charge >= 0.3 is 5.97 Å². The third kappa shape index (κ3) is 6.57. The van der Waals surface area contributed by atoms with Gasteiger partial charge in [-0.1, -0.05) is 52.4 Å². The predicted molar refractivity (Wildman–Crippen MR) is 122 cm³/mol. The number of rotatable bonds is 9. The van der Waals surface area contributed by atoms with Crippen molar-refractivity contribution < 1.29 is 14.3 Å². The molecule has 0 spiro atoms. The molecular weight excluding hydrogens is 372 g/mol. The Labute approximate surface area is 185 Å². The Hall–Kier alpha value is -0.860. The fourth-order valence-corrected chi connectivity index (χ4v) is 6.77. The summed E-state index contributed by atoms with van der Waals surface area (Å²) >= 11 is 0. The molecule has 0 bridgehead atoms. The lowest BCUT2D eigenvalue weighted by atomic mass is 9.64. The van der Waals surface area contributed by atoms with Crippen LogP contribution in [0.15, 0.2) is 0 Å². The monoisotopic (exact) mass is 418 g/mol. The Morgan fingerprint density at radius 3 is 1.90 bits per heavy atom. The summed E-state index contributed by atoms with van der Waals surface area (Å²) in [7, 11) is 0. The lowest BCUT2D eigenvalue weighted by Gasteiger charge is -2.41. The van der Waals surface area contributed by atoms with Gasteiger partial charge in [-0.2, -0.15) is 0 Å². The molecule has 3 fully saturated rings. The number of carbonyl (C=O) groups excluding carboxylic acids is 2. The van der Waals surface area contributed by atoms with Crippen LogP contribution in [-0.4, -0.2) is 18.4 Å². The zero-order valence-electron chi connectivity index (χ0n) is 19.7. The summed E-state index contributed by atoms with van der Waals surface area (Å²) < 4.78 is 5.38. The number of Topliss-reactive ketones (excluding diaryl/α,β-unsaturated/α-hetero) is 1. The van der Waals surface area contributed by atoms with E-state index in [1.54, 1.807) is 0 Å². The quantitative estimate of drug-likeness (QED) is 0.227. The maximum atomic E-state index is 12.7. The van der Waals surface area contributed by atoms with Crippen molar-refractivity contribution >= 4 is 11.8 Å². The number of carbonyl (C=O) groups is 2. The fraction of sp³-hybridized carbons (Fsp3) is 0.926. The second-order valence-corrected chi connectivity index (χ2v) is 10.7. The van der Waals surface area contributed by atoms with Crippen LogP contribution in [0.4, 0.5) is 0 Å². The average Bonchev–Trinajstić information content (AvgIpc) is 2.77. The van der Waals surface area contributed by atoms with Crippen molar-refractivity contribution in [3.63, 3.8) is 0 Å². The number of ether oxygens (including phenoxy) is 1. The van der Waals surface area contributed by atoms with Crippen LogP contribution in [0.1, 0.15) is 117 Å². The maximum Gasteiger partial charge on any atom is 0.316 e. The standard InChI is InChI=1S/C27H46O3/c1-3-5-6-18-30-27(29)25-17-16-24(19-26(25)28)23-14-12-22(13-15-23)21-10-8-20(7-4-2)9-11-21/h20-25H,3-19H2,1-2H3. The Bertz CT molecular complexity index is 526. The van der Waals surface area contributed by atoms with Crippen molar-refractivity contribution in [2.75, 3.05) is 6.61 Å². The Balaban J connectivity index is 1.37. The minimum Gasteiger partial charge on any atom is -0.465 e. The number of hydrogen-bond acceptors (Lipinski definition) is 3. The van der Waals surface area contributed by atoms with Crippen molar-refractivity contribution in [2.24, 2.45) is 35.5 Å². The molecule has 0 aromatic carbocycles. The Kier molecular flexibility index (Phi) is 9.71. The van der Waals surface area contributed by atoms with Gasteiger partial charge in [-0.05, 0) is 87.4 Å². The highest BCUT2D eigenvalue weighted by Gasteiger charge is 2.39. The molecule has 3 rings (SSSR count). The molecule has 0 N–H and O–H groups in total. The van der Waals surface area contributed by atoms with Crippen LogP contribution >= 0.6 is 0 Å².